The van der Waals surface area contributed by atoms with Gasteiger partial charge in [-0.15, -0.1) is 11.8 Å². The number of aromatic amines is 1. The van der Waals surface area contributed by atoms with E-state index in [1.807, 2.05) is 36.4 Å². The van der Waals surface area contributed by atoms with E-state index in [4.69, 9.17) is 16.3 Å². The maximum Gasteiger partial charge on any atom is 0.305 e. The Morgan fingerprint density at radius 2 is 1.60 bits per heavy atom. The third-order valence-electron chi connectivity index (χ3n) is 9.37. The van der Waals surface area contributed by atoms with Crippen LogP contribution in [-0.4, -0.2) is 22.0 Å². The first-order valence-electron chi connectivity index (χ1n) is 13.9. The molecule has 42 heavy (non-hydrogen) atoms. The Morgan fingerprint density at radius 3 is 2.31 bits per heavy atom. The molecule has 2 bridgehead atoms. The van der Waals surface area contributed by atoms with E-state index < -0.39 is 17.7 Å². The molecule has 4 aliphatic rings. The van der Waals surface area contributed by atoms with E-state index in [9.17, 15) is 18.8 Å². The third-order valence-corrected chi connectivity index (χ3v) is 12.2. The fourth-order valence-corrected chi connectivity index (χ4v) is 10.8. The molecule has 10 heteroatoms. The predicted molar refractivity (Wildman–Crippen MR) is 160 cm³/mol. The Hall–Kier alpha value is -3.40. The SMILES string of the molecule is O=C1C2C3CC(C2C(=O)N1c1ccc(F)cc1)C1C3Sc2[nH]c(=O)sc2[C@@H]1c1ccc(OCc2ccc(Cl)cc2)cc1. The van der Waals surface area contributed by atoms with Gasteiger partial charge in [0.1, 0.15) is 18.2 Å². The van der Waals surface area contributed by atoms with Crippen molar-refractivity contribution in [3.63, 3.8) is 0 Å². The van der Waals surface area contributed by atoms with E-state index in [1.165, 1.54) is 40.5 Å². The van der Waals surface area contributed by atoms with Gasteiger partial charge in [-0.25, -0.2) is 4.39 Å². The average Bonchev–Trinajstić information content (AvgIpc) is 3.72. The summed E-state index contributed by atoms with van der Waals surface area (Å²) in [7, 11) is 0. The number of benzene rings is 3. The van der Waals surface area contributed by atoms with Crippen LogP contribution >= 0.6 is 34.7 Å². The van der Waals surface area contributed by atoms with Gasteiger partial charge < -0.3 is 9.72 Å². The molecule has 3 heterocycles. The molecule has 2 aliphatic heterocycles. The van der Waals surface area contributed by atoms with Crippen LogP contribution in [0.5, 0.6) is 5.75 Å². The molecule has 1 aromatic heterocycles. The van der Waals surface area contributed by atoms with Crippen molar-refractivity contribution in [1.29, 1.82) is 0 Å². The number of rotatable bonds is 5. The maximum atomic E-state index is 13.8. The Morgan fingerprint density at radius 1 is 0.905 bits per heavy atom. The van der Waals surface area contributed by atoms with Gasteiger partial charge in [-0.1, -0.05) is 47.2 Å². The molecule has 6 nitrogen and oxygen atoms in total. The summed E-state index contributed by atoms with van der Waals surface area (Å²) in [6.07, 6.45) is 0.810. The van der Waals surface area contributed by atoms with Crippen molar-refractivity contribution in [2.45, 2.75) is 29.2 Å². The molecular formula is C32H24ClFN2O4S2. The second-order valence-electron chi connectivity index (χ2n) is 11.4. The zero-order valence-corrected chi connectivity index (χ0v) is 24.4. The molecule has 8 rings (SSSR count). The number of thiazole rings is 1. The first kappa shape index (κ1) is 26.2. The minimum Gasteiger partial charge on any atom is -0.489 e. The van der Waals surface area contributed by atoms with E-state index >= 15 is 0 Å². The smallest absolute Gasteiger partial charge is 0.305 e. The molecule has 0 spiro atoms. The predicted octanol–water partition coefficient (Wildman–Crippen LogP) is 6.49. The second kappa shape index (κ2) is 9.82. The van der Waals surface area contributed by atoms with Crippen LogP contribution < -0.4 is 14.5 Å². The summed E-state index contributed by atoms with van der Waals surface area (Å²) in [5, 5.41) is 1.65. The highest BCUT2D eigenvalue weighted by Crippen LogP contribution is 2.68. The fourth-order valence-electron chi connectivity index (χ4n) is 7.75. The molecule has 1 saturated heterocycles. The van der Waals surface area contributed by atoms with Gasteiger partial charge >= 0.3 is 4.87 Å². The molecule has 1 N–H and O–H groups in total. The van der Waals surface area contributed by atoms with Gasteiger partial charge in [0.05, 0.1) is 22.5 Å². The highest BCUT2D eigenvalue weighted by molar-refractivity contribution is 8.00. The summed E-state index contributed by atoms with van der Waals surface area (Å²) in [5.41, 5.74) is 2.50. The molecule has 212 valence electrons. The monoisotopic (exact) mass is 618 g/mol. The Balaban J connectivity index is 1.11. The van der Waals surface area contributed by atoms with E-state index in [0.717, 1.165) is 33.2 Å². The van der Waals surface area contributed by atoms with Crippen molar-refractivity contribution in [3.05, 3.63) is 109 Å². The number of H-pyrrole nitrogens is 1. The number of imide groups is 1. The van der Waals surface area contributed by atoms with Crippen molar-refractivity contribution < 1.29 is 18.7 Å². The van der Waals surface area contributed by atoms with Crippen LogP contribution in [0.4, 0.5) is 10.1 Å². The molecule has 2 saturated carbocycles. The van der Waals surface area contributed by atoms with Crippen molar-refractivity contribution in [2.24, 2.45) is 29.6 Å². The second-order valence-corrected chi connectivity index (χ2v) is 14.1. The van der Waals surface area contributed by atoms with Gasteiger partial charge in [-0.2, -0.15) is 0 Å². The number of anilines is 1. The van der Waals surface area contributed by atoms with Gasteiger partial charge in [0.2, 0.25) is 11.8 Å². The molecule has 6 unspecified atom stereocenters. The molecule has 3 fully saturated rings. The molecule has 3 aromatic carbocycles. The summed E-state index contributed by atoms with van der Waals surface area (Å²) in [6, 6.07) is 21.1. The van der Waals surface area contributed by atoms with Crippen LogP contribution in [0.15, 0.2) is 82.6 Å². The Bertz CT molecular complexity index is 1770. The lowest BCUT2D eigenvalue weighted by atomic mass is 9.68. The molecular weight excluding hydrogens is 595 g/mol. The maximum absolute atomic E-state index is 13.8. The summed E-state index contributed by atoms with van der Waals surface area (Å²) >= 11 is 8.89. The normalized spacial score (nSPS) is 29.0. The standard InChI is InChI=1S/C32H24ClFN2O4S2/c33-17-5-1-15(2-6-17)14-40-20-11-3-16(4-12-20)23-24-21-13-22(27(24)41-29-28(23)42-32(39)35-29)26-25(21)30(37)36(31(26)38)19-9-7-18(34)8-10-19/h1-12,21-27H,13-14H2,(H,35,39)/t21?,22?,23-,24?,25?,26?,27?/m1/s1. The number of hydrogen-bond acceptors (Lipinski definition) is 6. The number of carbonyl (C=O) groups excluding carboxylic acids is 2. The first-order chi connectivity index (χ1) is 20.4. The largest absolute Gasteiger partial charge is 0.489 e. The number of fused-ring (bicyclic) bond motifs is 9. The van der Waals surface area contributed by atoms with Crippen LogP contribution in [0.2, 0.25) is 5.02 Å². The third kappa shape index (κ3) is 4.01. The van der Waals surface area contributed by atoms with Crippen LogP contribution in [0.1, 0.15) is 28.3 Å². The molecule has 7 atom stereocenters. The lowest BCUT2D eigenvalue weighted by Crippen LogP contribution is -2.42. The van der Waals surface area contributed by atoms with E-state index in [2.05, 4.69) is 17.1 Å². The number of halogens is 2. The van der Waals surface area contributed by atoms with Gasteiger partial charge in [-0.3, -0.25) is 19.3 Å². The Labute approximate surface area is 253 Å². The number of nitrogens with zero attached hydrogens (tertiary/aromatic N) is 1. The number of aromatic nitrogens is 1. The summed E-state index contributed by atoms with van der Waals surface area (Å²) in [4.78, 5) is 45.3. The zero-order chi connectivity index (χ0) is 28.7. The van der Waals surface area contributed by atoms with Gasteiger partial charge in [0, 0.05) is 21.1 Å². The van der Waals surface area contributed by atoms with E-state index in [-0.39, 0.29) is 45.6 Å². The number of nitrogens with one attached hydrogen (secondary N) is 1. The van der Waals surface area contributed by atoms with Crippen molar-refractivity contribution >= 4 is 52.2 Å². The van der Waals surface area contributed by atoms with Gasteiger partial charge in [0.15, 0.2) is 0 Å². The van der Waals surface area contributed by atoms with E-state index in [0.29, 0.717) is 17.3 Å². The molecule has 2 aliphatic carbocycles. The average molecular weight is 619 g/mol. The fraction of sp³-hybridized carbons (Fsp3) is 0.281. The van der Waals surface area contributed by atoms with Crippen molar-refractivity contribution in [1.82, 2.24) is 4.98 Å². The van der Waals surface area contributed by atoms with E-state index in [1.54, 1.807) is 11.8 Å². The van der Waals surface area contributed by atoms with Crippen LogP contribution in [-0.2, 0) is 16.2 Å². The zero-order valence-electron chi connectivity index (χ0n) is 22.0. The molecule has 0 radical (unpaired) electrons. The lowest BCUT2D eigenvalue weighted by molar-refractivity contribution is -0.123. The Kier molecular flexibility index (Phi) is 6.14. The minimum atomic E-state index is -0.412. The minimum absolute atomic E-state index is 0.00980. The summed E-state index contributed by atoms with van der Waals surface area (Å²) in [5.74, 6) is -0.786. The lowest BCUT2D eigenvalue weighted by Gasteiger charge is -2.43. The van der Waals surface area contributed by atoms with Crippen LogP contribution in [0.25, 0.3) is 0 Å². The van der Waals surface area contributed by atoms with Gasteiger partial charge in [-0.05, 0) is 83.8 Å². The number of thioether (sulfide) groups is 1. The summed E-state index contributed by atoms with van der Waals surface area (Å²) < 4.78 is 19.6. The number of amides is 2. The number of carbonyl (C=O) groups is 2. The highest BCUT2D eigenvalue weighted by Gasteiger charge is 2.69. The molecule has 2 amide bonds. The highest BCUT2D eigenvalue weighted by atomic mass is 35.5. The van der Waals surface area contributed by atoms with Crippen molar-refractivity contribution in [3.8, 4) is 5.75 Å². The number of hydrogen-bond donors (Lipinski definition) is 1. The van der Waals surface area contributed by atoms with Crippen molar-refractivity contribution in [2.75, 3.05) is 4.90 Å². The summed E-state index contributed by atoms with van der Waals surface area (Å²) in [6.45, 7) is 0.415. The number of ether oxygens (including phenoxy) is 1. The van der Waals surface area contributed by atoms with Gasteiger partial charge in [0.25, 0.3) is 0 Å². The first-order valence-corrected chi connectivity index (χ1v) is 15.9. The van der Waals surface area contributed by atoms with Crippen LogP contribution in [0.3, 0.4) is 0 Å². The quantitative estimate of drug-likeness (QED) is 0.259. The topological polar surface area (TPSA) is 79.5 Å². The van der Waals surface area contributed by atoms with Crippen LogP contribution in [0, 0.1) is 35.4 Å². The molecule has 4 aromatic rings.